The van der Waals surface area contributed by atoms with E-state index in [-0.39, 0.29) is 10.9 Å². The Bertz CT molecular complexity index is 1020. The quantitative estimate of drug-likeness (QED) is 0.554. The van der Waals surface area contributed by atoms with Gasteiger partial charge in [-0.1, -0.05) is 47.3 Å². The van der Waals surface area contributed by atoms with Crippen LogP contribution in [0.4, 0.5) is 18.9 Å². The molecule has 0 bridgehead atoms. The third kappa shape index (κ3) is 5.87. The van der Waals surface area contributed by atoms with E-state index in [1.807, 2.05) is 0 Å². The average molecular weight is 519 g/mol. The molecule has 0 aliphatic heterocycles. The van der Waals surface area contributed by atoms with Crippen LogP contribution in [0, 0.1) is 0 Å². The molecule has 2 aromatic carbocycles. The molecule has 31 heavy (non-hydrogen) atoms. The van der Waals surface area contributed by atoms with Gasteiger partial charge in [-0.25, -0.2) is 8.42 Å². The fourth-order valence-corrected chi connectivity index (χ4v) is 5.60. The van der Waals surface area contributed by atoms with Gasteiger partial charge in [-0.3, -0.25) is 4.79 Å². The fourth-order valence-electron chi connectivity index (χ4n) is 3.69. The molecule has 10 heteroatoms. The number of anilines is 1. The standard InChI is InChI=1S/C21H22BrF3N2O3S/c22-15-10-12-17(13-11-15)31(29,30)27(16-6-2-1-3-7-16)14-20(28)26-19-9-5-4-8-18(19)21(23,24)25/h4-5,8-13,16H,1-3,6-7,14H2,(H,26,28). The molecular weight excluding hydrogens is 497 g/mol. The number of halogens is 4. The summed E-state index contributed by atoms with van der Waals surface area (Å²) in [7, 11) is -4.01. The Hall–Kier alpha value is -1.91. The molecule has 168 valence electrons. The Kier molecular flexibility index (Phi) is 7.43. The van der Waals surface area contributed by atoms with Gasteiger partial charge >= 0.3 is 6.18 Å². The van der Waals surface area contributed by atoms with E-state index in [9.17, 15) is 26.4 Å². The van der Waals surface area contributed by atoms with Gasteiger partial charge in [0.05, 0.1) is 22.7 Å². The van der Waals surface area contributed by atoms with E-state index in [1.165, 1.54) is 24.3 Å². The first-order valence-electron chi connectivity index (χ1n) is 9.82. The minimum absolute atomic E-state index is 0.0322. The van der Waals surface area contributed by atoms with Gasteiger partial charge in [0.2, 0.25) is 15.9 Å². The van der Waals surface area contributed by atoms with E-state index in [1.54, 1.807) is 12.1 Å². The topological polar surface area (TPSA) is 66.5 Å². The van der Waals surface area contributed by atoms with Crippen LogP contribution in [0.15, 0.2) is 57.9 Å². The first-order chi connectivity index (χ1) is 14.6. The maximum atomic E-state index is 13.3. The lowest BCUT2D eigenvalue weighted by molar-refractivity contribution is -0.137. The van der Waals surface area contributed by atoms with Gasteiger partial charge in [0.25, 0.3) is 0 Å². The molecule has 0 unspecified atom stereocenters. The van der Waals surface area contributed by atoms with Crippen LogP contribution in [-0.2, 0) is 21.0 Å². The number of hydrogen-bond acceptors (Lipinski definition) is 3. The number of nitrogens with one attached hydrogen (secondary N) is 1. The van der Waals surface area contributed by atoms with Crippen molar-refractivity contribution < 1.29 is 26.4 Å². The van der Waals surface area contributed by atoms with Crippen LogP contribution in [0.3, 0.4) is 0 Å². The predicted octanol–water partition coefficient (Wildman–Crippen LogP) is 5.43. The molecule has 1 saturated carbocycles. The molecule has 0 spiro atoms. The minimum atomic E-state index is -4.64. The Morgan fingerprint density at radius 1 is 1.03 bits per heavy atom. The number of hydrogen-bond donors (Lipinski definition) is 1. The number of sulfonamides is 1. The second-order valence-corrected chi connectivity index (χ2v) is 10.2. The van der Waals surface area contributed by atoms with Gasteiger partial charge in [-0.15, -0.1) is 0 Å². The van der Waals surface area contributed by atoms with Crippen molar-refractivity contribution in [1.82, 2.24) is 4.31 Å². The SMILES string of the molecule is O=C(CN(C1CCCCC1)S(=O)(=O)c1ccc(Br)cc1)Nc1ccccc1C(F)(F)F. The molecule has 0 atom stereocenters. The number of para-hydroxylation sites is 1. The zero-order chi connectivity index (χ0) is 22.6. The normalized spacial score (nSPS) is 15.8. The van der Waals surface area contributed by atoms with Crippen molar-refractivity contribution in [3.05, 3.63) is 58.6 Å². The summed E-state index contributed by atoms with van der Waals surface area (Å²) in [5.74, 6) is -0.817. The van der Waals surface area contributed by atoms with Crippen LogP contribution in [0.1, 0.15) is 37.7 Å². The van der Waals surface area contributed by atoms with E-state index >= 15 is 0 Å². The van der Waals surface area contributed by atoms with Crippen molar-refractivity contribution in [2.45, 2.75) is 49.2 Å². The van der Waals surface area contributed by atoms with Crippen LogP contribution < -0.4 is 5.32 Å². The number of carbonyl (C=O) groups is 1. The van der Waals surface area contributed by atoms with Gasteiger partial charge in [0.1, 0.15) is 0 Å². The molecule has 0 heterocycles. The lowest BCUT2D eigenvalue weighted by atomic mass is 9.95. The first-order valence-corrected chi connectivity index (χ1v) is 12.1. The van der Waals surface area contributed by atoms with E-state index < -0.39 is 39.9 Å². The minimum Gasteiger partial charge on any atom is -0.324 e. The van der Waals surface area contributed by atoms with Gasteiger partial charge in [0.15, 0.2) is 0 Å². The van der Waals surface area contributed by atoms with Crippen LogP contribution in [0.25, 0.3) is 0 Å². The summed E-state index contributed by atoms with van der Waals surface area (Å²) in [6, 6.07) is 10.3. The molecule has 1 fully saturated rings. The maximum absolute atomic E-state index is 13.3. The van der Waals surface area contributed by atoms with E-state index in [4.69, 9.17) is 0 Å². The molecular formula is C21H22BrF3N2O3S. The summed E-state index contributed by atoms with van der Waals surface area (Å²) in [5.41, 5.74) is -1.38. The molecule has 0 radical (unpaired) electrons. The van der Waals surface area contributed by atoms with Gasteiger partial charge in [-0.05, 0) is 49.2 Å². The van der Waals surface area contributed by atoms with Crippen molar-refractivity contribution in [2.75, 3.05) is 11.9 Å². The number of alkyl halides is 3. The van der Waals surface area contributed by atoms with Crippen molar-refractivity contribution in [3.63, 3.8) is 0 Å². The Morgan fingerprint density at radius 2 is 1.65 bits per heavy atom. The second-order valence-electron chi connectivity index (χ2n) is 7.39. The summed E-state index contributed by atoms with van der Waals surface area (Å²) in [6.07, 6.45) is -0.806. The lowest BCUT2D eigenvalue weighted by Gasteiger charge is -2.33. The predicted molar refractivity (Wildman–Crippen MR) is 115 cm³/mol. The highest BCUT2D eigenvalue weighted by molar-refractivity contribution is 9.10. The highest BCUT2D eigenvalue weighted by Crippen LogP contribution is 2.35. The van der Waals surface area contributed by atoms with Crippen LogP contribution in [0.2, 0.25) is 0 Å². The summed E-state index contributed by atoms with van der Waals surface area (Å²) >= 11 is 3.26. The summed E-state index contributed by atoms with van der Waals surface area (Å²) in [6.45, 7) is -0.560. The largest absolute Gasteiger partial charge is 0.418 e. The number of rotatable bonds is 6. The number of carbonyl (C=O) groups excluding carboxylic acids is 1. The molecule has 1 aliphatic carbocycles. The lowest BCUT2D eigenvalue weighted by Crippen LogP contribution is -2.45. The number of benzene rings is 2. The number of amides is 1. The van der Waals surface area contributed by atoms with Crippen molar-refractivity contribution in [3.8, 4) is 0 Å². The van der Waals surface area contributed by atoms with E-state index in [0.717, 1.165) is 35.7 Å². The van der Waals surface area contributed by atoms with Crippen LogP contribution >= 0.6 is 15.9 Å². The Balaban J connectivity index is 1.87. The third-order valence-electron chi connectivity index (χ3n) is 5.21. The van der Waals surface area contributed by atoms with Crippen LogP contribution in [0.5, 0.6) is 0 Å². The zero-order valence-corrected chi connectivity index (χ0v) is 18.9. The molecule has 2 aromatic rings. The molecule has 5 nitrogen and oxygen atoms in total. The fraction of sp³-hybridized carbons (Fsp3) is 0.381. The zero-order valence-electron chi connectivity index (χ0n) is 16.5. The summed E-state index contributed by atoms with van der Waals surface area (Å²) < 4.78 is 68.1. The number of nitrogens with zero attached hydrogens (tertiary/aromatic N) is 1. The molecule has 0 saturated heterocycles. The van der Waals surface area contributed by atoms with Gasteiger partial charge in [0, 0.05) is 10.5 Å². The highest BCUT2D eigenvalue weighted by Gasteiger charge is 2.36. The second kappa shape index (κ2) is 9.70. The van der Waals surface area contributed by atoms with Crippen molar-refractivity contribution in [1.29, 1.82) is 0 Å². The Morgan fingerprint density at radius 3 is 2.26 bits per heavy atom. The molecule has 0 aromatic heterocycles. The van der Waals surface area contributed by atoms with Gasteiger partial charge in [-0.2, -0.15) is 17.5 Å². The van der Waals surface area contributed by atoms with Crippen molar-refractivity contribution in [2.24, 2.45) is 0 Å². The molecule has 1 N–H and O–H groups in total. The smallest absolute Gasteiger partial charge is 0.324 e. The Labute approximate surface area is 187 Å². The molecule has 1 amide bonds. The highest BCUT2D eigenvalue weighted by atomic mass is 79.9. The van der Waals surface area contributed by atoms with Crippen LogP contribution in [-0.4, -0.2) is 31.2 Å². The summed E-state index contributed by atoms with van der Waals surface area (Å²) in [4.78, 5) is 12.7. The van der Waals surface area contributed by atoms with Gasteiger partial charge < -0.3 is 5.32 Å². The maximum Gasteiger partial charge on any atom is 0.418 e. The van der Waals surface area contributed by atoms with E-state index in [2.05, 4.69) is 21.2 Å². The van der Waals surface area contributed by atoms with E-state index in [0.29, 0.717) is 17.3 Å². The first kappa shape index (κ1) is 23.7. The molecule has 1 aliphatic rings. The molecule has 3 rings (SSSR count). The third-order valence-corrected chi connectivity index (χ3v) is 7.65. The summed E-state index contributed by atoms with van der Waals surface area (Å²) in [5, 5.41) is 2.25. The van der Waals surface area contributed by atoms with Crippen molar-refractivity contribution >= 4 is 37.5 Å². The average Bonchev–Trinajstić information content (AvgIpc) is 2.72. The monoisotopic (exact) mass is 518 g/mol.